The zero-order valence-electron chi connectivity index (χ0n) is 9.98. The van der Waals surface area contributed by atoms with Gasteiger partial charge in [-0.25, -0.2) is 9.78 Å². The monoisotopic (exact) mass is 296 g/mol. The second-order valence-electron chi connectivity index (χ2n) is 3.74. The number of amides is 1. The van der Waals surface area contributed by atoms with Gasteiger partial charge in [0.15, 0.2) is 5.15 Å². The lowest BCUT2D eigenvalue weighted by atomic mass is 10.3. The first kappa shape index (κ1) is 13.6. The van der Waals surface area contributed by atoms with Crippen LogP contribution in [-0.4, -0.2) is 11.1 Å². The first-order valence-corrected chi connectivity index (χ1v) is 6.18. The Balaban J connectivity index is 2.12. The van der Waals surface area contributed by atoms with Crippen LogP contribution in [0.25, 0.3) is 0 Å². The van der Waals surface area contributed by atoms with Gasteiger partial charge in [0.2, 0.25) is 0 Å². The summed E-state index contributed by atoms with van der Waals surface area (Å²) in [6, 6.07) is 10.3. The summed E-state index contributed by atoms with van der Waals surface area (Å²) in [6.07, 6.45) is -0.680. The number of aromatic nitrogens is 1. The highest BCUT2D eigenvalue weighted by molar-refractivity contribution is 6.39. The fourth-order valence-electron chi connectivity index (χ4n) is 1.43. The largest absolute Gasteiger partial charge is 0.417 e. The molecule has 0 saturated carbocycles. The molecule has 0 unspecified atom stereocenters. The van der Waals surface area contributed by atoms with Crippen LogP contribution < -0.4 is 10.1 Å². The van der Waals surface area contributed by atoms with E-state index in [1.165, 1.54) is 0 Å². The van der Waals surface area contributed by atoms with E-state index in [2.05, 4.69) is 10.3 Å². The molecular formula is C13H10Cl2N2O2. The van der Waals surface area contributed by atoms with Crippen LogP contribution in [0.3, 0.4) is 0 Å². The van der Waals surface area contributed by atoms with Gasteiger partial charge in [-0.05, 0) is 25.1 Å². The number of benzene rings is 1. The molecule has 0 aliphatic rings. The Morgan fingerprint density at radius 3 is 2.58 bits per heavy atom. The van der Waals surface area contributed by atoms with Crippen molar-refractivity contribution in [3.8, 4) is 5.75 Å². The van der Waals surface area contributed by atoms with Crippen molar-refractivity contribution in [2.45, 2.75) is 6.92 Å². The van der Waals surface area contributed by atoms with E-state index in [1.807, 2.05) is 6.07 Å². The molecule has 4 nitrogen and oxygen atoms in total. The fourth-order valence-corrected chi connectivity index (χ4v) is 2.06. The molecule has 0 saturated heterocycles. The molecule has 0 spiro atoms. The van der Waals surface area contributed by atoms with E-state index < -0.39 is 6.09 Å². The maximum Gasteiger partial charge on any atom is 0.417 e. The SMILES string of the molecule is Cc1cc(Cl)c(NC(=O)Oc2ccccc2)c(Cl)n1. The topological polar surface area (TPSA) is 51.2 Å². The molecule has 1 aromatic carbocycles. The molecule has 1 amide bonds. The van der Waals surface area contributed by atoms with Gasteiger partial charge in [-0.2, -0.15) is 0 Å². The first-order valence-electron chi connectivity index (χ1n) is 5.43. The molecule has 2 aromatic rings. The molecule has 19 heavy (non-hydrogen) atoms. The van der Waals surface area contributed by atoms with Crippen LogP contribution in [0, 0.1) is 6.92 Å². The molecule has 6 heteroatoms. The molecule has 0 fully saturated rings. The quantitative estimate of drug-likeness (QED) is 0.840. The number of carbonyl (C=O) groups is 1. The third kappa shape index (κ3) is 3.59. The van der Waals surface area contributed by atoms with Crippen molar-refractivity contribution >= 4 is 35.0 Å². The van der Waals surface area contributed by atoms with Crippen LogP contribution >= 0.6 is 23.2 Å². The third-order valence-electron chi connectivity index (χ3n) is 2.24. The van der Waals surface area contributed by atoms with Crippen molar-refractivity contribution in [1.82, 2.24) is 4.98 Å². The third-order valence-corrected chi connectivity index (χ3v) is 2.81. The van der Waals surface area contributed by atoms with Gasteiger partial charge in [0.25, 0.3) is 0 Å². The number of para-hydroxylation sites is 1. The number of carbonyl (C=O) groups excluding carboxylic acids is 1. The summed E-state index contributed by atoms with van der Waals surface area (Å²) in [7, 11) is 0. The van der Waals surface area contributed by atoms with Gasteiger partial charge in [-0.1, -0.05) is 41.4 Å². The molecule has 1 aromatic heterocycles. The van der Waals surface area contributed by atoms with E-state index in [0.29, 0.717) is 16.5 Å². The number of nitrogens with one attached hydrogen (secondary N) is 1. The number of aryl methyl sites for hydroxylation is 1. The van der Waals surface area contributed by atoms with Crippen molar-refractivity contribution < 1.29 is 9.53 Å². The standard InChI is InChI=1S/C13H10Cl2N2O2/c1-8-7-10(14)11(12(15)16-8)17-13(18)19-9-5-3-2-4-6-9/h2-7H,1H3,(H,17,18). The second kappa shape index (κ2) is 5.91. The Morgan fingerprint density at radius 2 is 1.95 bits per heavy atom. The van der Waals surface area contributed by atoms with Crippen molar-refractivity contribution in [2.24, 2.45) is 0 Å². The molecular weight excluding hydrogens is 287 g/mol. The highest BCUT2D eigenvalue weighted by Gasteiger charge is 2.13. The van der Waals surface area contributed by atoms with Crippen molar-refractivity contribution in [3.63, 3.8) is 0 Å². The predicted octanol–water partition coefficient (Wildman–Crippen LogP) is 4.31. The molecule has 1 N–H and O–H groups in total. The van der Waals surface area contributed by atoms with Crippen LogP contribution in [-0.2, 0) is 0 Å². The molecule has 0 bridgehead atoms. The summed E-state index contributed by atoms with van der Waals surface area (Å²) < 4.78 is 5.06. The normalized spacial score (nSPS) is 10.1. The molecule has 0 aliphatic heterocycles. The number of anilines is 1. The number of halogens is 2. The van der Waals surface area contributed by atoms with Crippen LogP contribution in [0.5, 0.6) is 5.75 Å². The summed E-state index contributed by atoms with van der Waals surface area (Å²) in [5.41, 5.74) is 0.895. The van der Waals surface area contributed by atoms with E-state index in [4.69, 9.17) is 27.9 Å². The van der Waals surface area contributed by atoms with E-state index >= 15 is 0 Å². The predicted molar refractivity (Wildman–Crippen MR) is 75.1 cm³/mol. The molecule has 1 heterocycles. The maximum absolute atomic E-state index is 11.7. The number of rotatable bonds is 2. The molecule has 0 radical (unpaired) electrons. The number of hydrogen-bond acceptors (Lipinski definition) is 3. The summed E-state index contributed by atoms with van der Waals surface area (Å²) in [5, 5.41) is 2.89. The van der Waals surface area contributed by atoms with Gasteiger partial charge in [0, 0.05) is 5.69 Å². The van der Waals surface area contributed by atoms with Crippen molar-refractivity contribution in [3.05, 3.63) is 52.3 Å². The second-order valence-corrected chi connectivity index (χ2v) is 4.50. The van der Waals surface area contributed by atoms with Gasteiger partial charge >= 0.3 is 6.09 Å². The maximum atomic E-state index is 11.7. The highest BCUT2D eigenvalue weighted by atomic mass is 35.5. The summed E-state index contributed by atoms with van der Waals surface area (Å²) >= 11 is 11.9. The lowest BCUT2D eigenvalue weighted by Gasteiger charge is -2.09. The Hall–Kier alpha value is -1.78. The van der Waals surface area contributed by atoms with Crippen molar-refractivity contribution in [1.29, 1.82) is 0 Å². The molecule has 2 rings (SSSR count). The van der Waals surface area contributed by atoms with E-state index in [1.54, 1.807) is 37.3 Å². The summed E-state index contributed by atoms with van der Waals surface area (Å²) in [6.45, 7) is 1.75. The number of ether oxygens (including phenoxy) is 1. The van der Waals surface area contributed by atoms with E-state index in [-0.39, 0.29) is 10.8 Å². The zero-order valence-corrected chi connectivity index (χ0v) is 11.5. The van der Waals surface area contributed by atoms with Gasteiger partial charge < -0.3 is 4.74 Å². The average Bonchev–Trinajstić information content (AvgIpc) is 2.35. The first-order chi connectivity index (χ1) is 9.06. The minimum absolute atomic E-state index is 0.120. The smallest absolute Gasteiger partial charge is 0.410 e. The Morgan fingerprint density at radius 1 is 1.26 bits per heavy atom. The molecule has 0 atom stereocenters. The average molecular weight is 297 g/mol. The fraction of sp³-hybridized carbons (Fsp3) is 0.0769. The van der Waals surface area contributed by atoms with E-state index in [0.717, 1.165) is 0 Å². The lowest BCUT2D eigenvalue weighted by molar-refractivity contribution is 0.215. The van der Waals surface area contributed by atoms with Crippen LogP contribution in [0.2, 0.25) is 10.2 Å². The van der Waals surface area contributed by atoms with Crippen LogP contribution in [0.1, 0.15) is 5.69 Å². The number of pyridine rings is 1. The summed E-state index contributed by atoms with van der Waals surface area (Å²) in [4.78, 5) is 15.7. The molecule has 98 valence electrons. The lowest BCUT2D eigenvalue weighted by Crippen LogP contribution is -2.17. The number of nitrogens with zero attached hydrogens (tertiary/aromatic N) is 1. The van der Waals surface area contributed by atoms with Crippen LogP contribution in [0.15, 0.2) is 36.4 Å². The Labute approximate surface area is 120 Å². The molecule has 0 aliphatic carbocycles. The Kier molecular flexibility index (Phi) is 4.24. The van der Waals surface area contributed by atoms with Crippen LogP contribution in [0.4, 0.5) is 10.5 Å². The van der Waals surface area contributed by atoms with Crippen molar-refractivity contribution in [2.75, 3.05) is 5.32 Å². The van der Waals surface area contributed by atoms with Gasteiger partial charge in [-0.3, -0.25) is 5.32 Å². The van der Waals surface area contributed by atoms with Gasteiger partial charge in [0.1, 0.15) is 11.4 Å². The summed E-state index contributed by atoms with van der Waals surface area (Å²) in [5.74, 6) is 0.423. The van der Waals surface area contributed by atoms with E-state index in [9.17, 15) is 4.79 Å². The highest BCUT2D eigenvalue weighted by Crippen LogP contribution is 2.29. The van der Waals surface area contributed by atoms with Gasteiger partial charge in [-0.15, -0.1) is 0 Å². The zero-order chi connectivity index (χ0) is 13.8. The Bertz CT molecular complexity index is 580. The number of hydrogen-bond donors (Lipinski definition) is 1. The van der Waals surface area contributed by atoms with Gasteiger partial charge in [0.05, 0.1) is 5.02 Å². The minimum Gasteiger partial charge on any atom is -0.410 e. The minimum atomic E-state index is -0.680.